The van der Waals surface area contributed by atoms with Crippen LogP contribution in [0.4, 0.5) is 0 Å². The third kappa shape index (κ3) is 1.85. The standard InChI is InChI=1S/C18H24O2/c1-16(2)13-11-15(19)17(3)18(16,20-17)12-7-10-14-8-5-4-6-9-14/h4-6,8-9H,7,10-13H2,1-3H3. The van der Waals surface area contributed by atoms with Gasteiger partial charge in [-0.3, -0.25) is 4.79 Å². The van der Waals surface area contributed by atoms with Crippen molar-refractivity contribution in [2.75, 3.05) is 0 Å². The third-order valence-corrected chi connectivity index (χ3v) is 5.55. The van der Waals surface area contributed by atoms with E-state index in [0.717, 1.165) is 25.7 Å². The van der Waals surface area contributed by atoms with E-state index in [1.165, 1.54) is 5.56 Å². The molecular formula is C18H24O2. The fraction of sp³-hybridized carbons (Fsp3) is 0.611. The van der Waals surface area contributed by atoms with Crippen LogP contribution in [0.15, 0.2) is 30.3 Å². The molecule has 0 N–H and O–H groups in total. The summed E-state index contributed by atoms with van der Waals surface area (Å²) < 4.78 is 6.07. The molecule has 1 aromatic rings. The van der Waals surface area contributed by atoms with Crippen LogP contribution in [0.2, 0.25) is 0 Å². The normalized spacial score (nSPS) is 34.6. The maximum absolute atomic E-state index is 12.2. The summed E-state index contributed by atoms with van der Waals surface area (Å²) in [7, 11) is 0. The van der Waals surface area contributed by atoms with Gasteiger partial charge in [-0.15, -0.1) is 0 Å². The lowest BCUT2D eigenvalue weighted by molar-refractivity contribution is -0.125. The van der Waals surface area contributed by atoms with Crippen molar-refractivity contribution in [3.05, 3.63) is 35.9 Å². The summed E-state index contributed by atoms with van der Waals surface area (Å²) in [6, 6.07) is 10.6. The smallest absolute Gasteiger partial charge is 0.167 e. The molecule has 0 radical (unpaired) electrons. The number of fused-ring (bicyclic) bond motifs is 1. The molecule has 20 heavy (non-hydrogen) atoms. The number of benzene rings is 1. The average Bonchev–Trinajstić information content (AvgIpc) is 3.06. The number of carbonyl (C=O) groups excluding carboxylic acids is 1. The van der Waals surface area contributed by atoms with E-state index in [9.17, 15) is 4.79 Å². The van der Waals surface area contributed by atoms with Gasteiger partial charge >= 0.3 is 0 Å². The molecule has 1 saturated carbocycles. The lowest BCUT2D eigenvalue weighted by Gasteiger charge is -2.37. The molecule has 1 aromatic carbocycles. The van der Waals surface area contributed by atoms with E-state index in [0.29, 0.717) is 12.2 Å². The molecule has 2 atom stereocenters. The summed E-state index contributed by atoms with van der Waals surface area (Å²) in [5.41, 5.74) is 0.744. The molecular weight excluding hydrogens is 248 g/mol. The first-order valence-corrected chi connectivity index (χ1v) is 7.69. The summed E-state index contributed by atoms with van der Waals surface area (Å²) in [6.45, 7) is 6.51. The zero-order valence-electron chi connectivity index (χ0n) is 12.7. The van der Waals surface area contributed by atoms with E-state index < -0.39 is 5.60 Å². The molecule has 2 nitrogen and oxygen atoms in total. The summed E-state index contributed by atoms with van der Waals surface area (Å²) >= 11 is 0. The molecule has 1 aliphatic carbocycles. The van der Waals surface area contributed by atoms with Crippen LogP contribution in [-0.2, 0) is 16.0 Å². The number of rotatable bonds is 4. The topological polar surface area (TPSA) is 29.6 Å². The molecule has 108 valence electrons. The number of hydrogen-bond donors (Lipinski definition) is 0. The minimum atomic E-state index is -0.508. The van der Waals surface area contributed by atoms with Crippen LogP contribution < -0.4 is 0 Å². The monoisotopic (exact) mass is 272 g/mol. The highest BCUT2D eigenvalue weighted by Crippen LogP contribution is 2.65. The van der Waals surface area contributed by atoms with Gasteiger partial charge in [0.1, 0.15) is 5.60 Å². The van der Waals surface area contributed by atoms with Crippen molar-refractivity contribution >= 4 is 5.78 Å². The Labute approximate surface area is 121 Å². The fourth-order valence-corrected chi connectivity index (χ4v) is 4.07. The highest BCUT2D eigenvalue weighted by atomic mass is 16.6. The number of ketones is 1. The maximum Gasteiger partial charge on any atom is 0.167 e. The SMILES string of the molecule is CC1(C)CCC(=O)C2(C)OC12CCCc1ccccc1. The summed E-state index contributed by atoms with van der Waals surface area (Å²) in [4.78, 5) is 12.2. The Morgan fingerprint density at radius 1 is 1.15 bits per heavy atom. The Kier molecular flexibility index (Phi) is 3.06. The van der Waals surface area contributed by atoms with Gasteiger partial charge in [-0.1, -0.05) is 44.2 Å². The van der Waals surface area contributed by atoms with Gasteiger partial charge in [0.2, 0.25) is 0 Å². The number of aryl methyl sites for hydroxylation is 1. The van der Waals surface area contributed by atoms with Crippen LogP contribution in [0.3, 0.4) is 0 Å². The Bertz CT molecular complexity index is 519. The Morgan fingerprint density at radius 2 is 1.85 bits per heavy atom. The van der Waals surface area contributed by atoms with Gasteiger partial charge in [0.15, 0.2) is 11.4 Å². The van der Waals surface area contributed by atoms with Crippen LogP contribution in [-0.4, -0.2) is 17.0 Å². The first kappa shape index (κ1) is 13.8. The highest BCUT2D eigenvalue weighted by Gasteiger charge is 2.77. The van der Waals surface area contributed by atoms with Crippen molar-refractivity contribution < 1.29 is 9.53 Å². The van der Waals surface area contributed by atoms with Gasteiger partial charge < -0.3 is 4.74 Å². The molecule has 0 spiro atoms. The second-order valence-electron chi connectivity index (χ2n) is 7.11. The minimum absolute atomic E-state index is 0.104. The fourth-order valence-electron chi connectivity index (χ4n) is 4.07. The Hall–Kier alpha value is -1.15. The van der Waals surface area contributed by atoms with Crippen LogP contribution in [0.25, 0.3) is 0 Å². The number of hydrogen-bond acceptors (Lipinski definition) is 2. The molecule has 2 unspecified atom stereocenters. The minimum Gasteiger partial charge on any atom is -0.354 e. The second-order valence-corrected chi connectivity index (χ2v) is 7.11. The van der Waals surface area contributed by atoms with E-state index >= 15 is 0 Å². The van der Waals surface area contributed by atoms with E-state index in [1.807, 2.05) is 13.0 Å². The third-order valence-electron chi connectivity index (χ3n) is 5.55. The van der Waals surface area contributed by atoms with E-state index in [4.69, 9.17) is 4.74 Å². The molecule has 2 heteroatoms. The zero-order valence-corrected chi connectivity index (χ0v) is 12.7. The van der Waals surface area contributed by atoms with Crippen molar-refractivity contribution in [1.29, 1.82) is 0 Å². The van der Waals surface area contributed by atoms with Crippen LogP contribution in [0.5, 0.6) is 0 Å². The molecule has 0 bridgehead atoms. The van der Waals surface area contributed by atoms with Crippen LogP contribution >= 0.6 is 0 Å². The number of Topliss-reactive ketones (excluding diaryl/α,β-unsaturated/α-hetero) is 1. The summed E-state index contributed by atoms with van der Waals surface area (Å²) in [6.07, 6.45) is 4.75. The Balaban J connectivity index is 1.69. The molecule has 1 heterocycles. The number of ether oxygens (including phenoxy) is 1. The van der Waals surface area contributed by atoms with E-state index in [2.05, 4.69) is 38.1 Å². The van der Waals surface area contributed by atoms with Gasteiger partial charge in [-0.2, -0.15) is 0 Å². The molecule has 2 aliphatic rings. The predicted molar refractivity (Wildman–Crippen MR) is 79.6 cm³/mol. The molecule has 0 aromatic heterocycles. The van der Waals surface area contributed by atoms with Crippen LogP contribution in [0.1, 0.15) is 52.0 Å². The lowest BCUT2D eigenvalue weighted by atomic mass is 9.62. The van der Waals surface area contributed by atoms with Crippen molar-refractivity contribution in [1.82, 2.24) is 0 Å². The lowest BCUT2D eigenvalue weighted by Crippen LogP contribution is -2.47. The van der Waals surface area contributed by atoms with Crippen molar-refractivity contribution in [2.45, 2.75) is 64.1 Å². The van der Waals surface area contributed by atoms with Gasteiger partial charge in [0, 0.05) is 6.42 Å². The predicted octanol–water partition coefficient (Wildman–Crippen LogP) is 3.93. The number of carbonyl (C=O) groups is 1. The zero-order chi connectivity index (χ0) is 14.4. The first-order valence-electron chi connectivity index (χ1n) is 7.69. The van der Waals surface area contributed by atoms with Crippen molar-refractivity contribution in [2.24, 2.45) is 5.41 Å². The molecule has 0 amide bonds. The molecule has 2 fully saturated rings. The number of epoxide rings is 1. The second kappa shape index (κ2) is 4.42. The quantitative estimate of drug-likeness (QED) is 0.777. The van der Waals surface area contributed by atoms with E-state index in [1.54, 1.807) is 0 Å². The summed E-state index contributed by atoms with van der Waals surface area (Å²) in [5, 5.41) is 0. The van der Waals surface area contributed by atoms with Crippen molar-refractivity contribution in [3.63, 3.8) is 0 Å². The summed E-state index contributed by atoms with van der Waals surface area (Å²) in [5.74, 6) is 0.302. The highest BCUT2D eigenvalue weighted by molar-refractivity contribution is 5.92. The van der Waals surface area contributed by atoms with Gasteiger partial charge in [-0.25, -0.2) is 0 Å². The van der Waals surface area contributed by atoms with Crippen LogP contribution in [0, 0.1) is 5.41 Å². The Morgan fingerprint density at radius 3 is 2.55 bits per heavy atom. The average molecular weight is 272 g/mol. The molecule has 1 aliphatic heterocycles. The first-order chi connectivity index (χ1) is 9.41. The van der Waals surface area contributed by atoms with Gasteiger partial charge in [0.05, 0.1) is 0 Å². The van der Waals surface area contributed by atoms with Gasteiger partial charge in [-0.05, 0) is 43.6 Å². The molecule has 3 rings (SSSR count). The largest absolute Gasteiger partial charge is 0.354 e. The van der Waals surface area contributed by atoms with Gasteiger partial charge in [0.25, 0.3) is 0 Å². The maximum atomic E-state index is 12.2. The molecule has 1 saturated heterocycles. The van der Waals surface area contributed by atoms with E-state index in [-0.39, 0.29) is 11.0 Å². The van der Waals surface area contributed by atoms with Crippen molar-refractivity contribution in [3.8, 4) is 0 Å².